The van der Waals surface area contributed by atoms with Gasteiger partial charge in [-0.2, -0.15) is 0 Å². The van der Waals surface area contributed by atoms with E-state index in [9.17, 15) is 9.59 Å². The summed E-state index contributed by atoms with van der Waals surface area (Å²) in [5.74, 6) is -0.506. The Labute approximate surface area is 178 Å². The number of hydrogen-bond donors (Lipinski definition) is 1. The van der Waals surface area contributed by atoms with Gasteiger partial charge in [0.1, 0.15) is 5.70 Å². The van der Waals surface area contributed by atoms with Crippen molar-refractivity contribution >= 4 is 28.8 Å². The zero-order valence-electron chi connectivity index (χ0n) is 18.0. The Kier molecular flexibility index (Phi) is 5.62. The highest BCUT2D eigenvalue weighted by atomic mass is 16.2. The van der Waals surface area contributed by atoms with Crippen molar-refractivity contribution in [1.82, 2.24) is 4.90 Å². The number of hydrogen-bond acceptors (Lipinski definition) is 4. The summed E-state index contributed by atoms with van der Waals surface area (Å²) in [4.78, 5) is 29.7. The molecule has 0 saturated carbocycles. The maximum atomic E-state index is 13.0. The van der Waals surface area contributed by atoms with Gasteiger partial charge in [0.2, 0.25) is 0 Å². The van der Waals surface area contributed by atoms with Gasteiger partial charge in [0, 0.05) is 31.0 Å². The second-order valence-electron chi connectivity index (χ2n) is 8.12. The molecule has 1 saturated heterocycles. The molecule has 1 fully saturated rings. The van der Waals surface area contributed by atoms with Gasteiger partial charge in [-0.05, 0) is 81.0 Å². The standard InChI is InChI=1S/C25H29N3O2/c1-4-28-24(29)22(19-9-8-17(2)18(3)16-19)23(25(28)30)26-20-10-12-21(13-11-20)27-14-6-5-7-15-27/h8-13,16,26H,4-7,14-15H2,1-3H3. The highest BCUT2D eigenvalue weighted by Crippen LogP contribution is 2.32. The number of amides is 2. The van der Waals surface area contributed by atoms with Crippen molar-refractivity contribution in [2.45, 2.75) is 40.0 Å². The van der Waals surface area contributed by atoms with Crippen LogP contribution in [0.2, 0.25) is 0 Å². The third kappa shape index (κ3) is 3.72. The van der Waals surface area contributed by atoms with Gasteiger partial charge in [0.25, 0.3) is 11.8 Å². The van der Waals surface area contributed by atoms with Crippen LogP contribution in [0.25, 0.3) is 5.57 Å². The molecule has 4 rings (SSSR count). The Morgan fingerprint density at radius 1 is 0.867 bits per heavy atom. The van der Waals surface area contributed by atoms with Crippen LogP contribution in [0, 0.1) is 13.8 Å². The van der Waals surface area contributed by atoms with Gasteiger partial charge >= 0.3 is 0 Å². The minimum absolute atomic E-state index is 0.238. The number of imide groups is 1. The van der Waals surface area contributed by atoms with Crippen LogP contribution in [0.4, 0.5) is 11.4 Å². The molecular weight excluding hydrogens is 374 g/mol. The monoisotopic (exact) mass is 403 g/mol. The molecule has 5 heteroatoms. The van der Waals surface area contributed by atoms with Gasteiger partial charge in [0.05, 0.1) is 5.57 Å². The van der Waals surface area contributed by atoms with E-state index in [2.05, 4.69) is 22.3 Å². The Hall–Kier alpha value is -3.08. The molecule has 1 N–H and O–H groups in total. The quantitative estimate of drug-likeness (QED) is 0.747. The lowest BCUT2D eigenvalue weighted by Gasteiger charge is -2.28. The fourth-order valence-electron chi connectivity index (χ4n) is 4.20. The molecule has 2 aromatic carbocycles. The Bertz CT molecular complexity index is 1000. The number of benzene rings is 2. The fourth-order valence-corrected chi connectivity index (χ4v) is 4.20. The molecule has 0 bridgehead atoms. The highest BCUT2D eigenvalue weighted by Gasteiger charge is 2.38. The van der Waals surface area contributed by atoms with Crippen LogP contribution >= 0.6 is 0 Å². The van der Waals surface area contributed by atoms with Crippen LogP contribution in [0.5, 0.6) is 0 Å². The smallest absolute Gasteiger partial charge is 0.278 e. The third-order valence-electron chi connectivity index (χ3n) is 6.14. The van der Waals surface area contributed by atoms with Crippen LogP contribution in [0.1, 0.15) is 42.9 Å². The molecule has 0 atom stereocenters. The third-order valence-corrected chi connectivity index (χ3v) is 6.14. The lowest BCUT2D eigenvalue weighted by molar-refractivity contribution is -0.136. The molecule has 2 aromatic rings. The van der Waals surface area contributed by atoms with Crippen molar-refractivity contribution in [3.05, 3.63) is 64.9 Å². The largest absolute Gasteiger partial charge is 0.372 e. The summed E-state index contributed by atoms with van der Waals surface area (Å²) in [6.07, 6.45) is 3.76. The number of carbonyl (C=O) groups excluding carboxylic acids is 2. The number of carbonyl (C=O) groups is 2. The fraction of sp³-hybridized carbons (Fsp3) is 0.360. The number of piperidine rings is 1. The number of nitrogens with zero attached hydrogens (tertiary/aromatic N) is 2. The number of nitrogens with one attached hydrogen (secondary N) is 1. The molecule has 2 aliphatic heterocycles. The molecule has 0 radical (unpaired) electrons. The van der Waals surface area contributed by atoms with E-state index >= 15 is 0 Å². The second-order valence-corrected chi connectivity index (χ2v) is 8.12. The molecule has 30 heavy (non-hydrogen) atoms. The van der Waals surface area contributed by atoms with Crippen LogP contribution in [-0.2, 0) is 9.59 Å². The molecule has 2 heterocycles. The lowest BCUT2D eigenvalue weighted by Crippen LogP contribution is -2.32. The summed E-state index contributed by atoms with van der Waals surface area (Å²) < 4.78 is 0. The Morgan fingerprint density at radius 2 is 1.57 bits per heavy atom. The summed E-state index contributed by atoms with van der Waals surface area (Å²) in [5.41, 5.74) is 5.85. The Morgan fingerprint density at radius 3 is 2.20 bits per heavy atom. The lowest BCUT2D eigenvalue weighted by atomic mass is 9.99. The minimum Gasteiger partial charge on any atom is -0.372 e. The first kappa shape index (κ1) is 20.2. The SMILES string of the molecule is CCN1C(=O)C(Nc2ccc(N3CCCCC3)cc2)=C(c2ccc(C)c(C)c2)C1=O. The highest BCUT2D eigenvalue weighted by molar-refractivity contribution is 6.36. The molecule has 2 aliphatic rings. The van der Waals surface area contributed by atoms with Crippen LogP contribution in [0.3, 0.4) is 0 Å². The topological polar surface area (TPSA) is 52.7 Å². The molecular formula is C25H29N3O2. The zero-order chi connectivity index (χ0) is 21.3. The van der Waals surface area contributed by atoms with E-state index in [1.54, 1.807) is 0 Å². The van der Waals surface area contributed by atoms with Crippen LogP contribution < -0.4 is 10.2 Å². The van der Waals surface area contributed by atoms with Crippen LogP contribution in [-0.4, -0.2) is 36.3 Å². The molecule has 2 amide bonds. The van der Waals surface area contributed by atoms with Crippen molar-refractivity contribution in [1.29, 1.82) is 0 Å². The van der Waals surface area contributed by atoms with Crippen molar-refractivity contribution < 1.29 is 9.59 Å². The van der Waals surface area contributed by atoms with Gasteiger partial charge < -0.3 is 10.2 Å². The number of rotatable bonds is 5. The molecule has 0 aromatic heterocycles. The van der Waals surface area contributed by atoms with Crippen LogP contribution in [0.15, 0.2) is 48.2 Å². The predicted molar refractivity (Wildman–Crippen MR) is 121 cm³/mol. The maximum Gasteiger partial charge on any atom is 0.278 e. The van der Waals surface area contributed by atoms with Gasteiger partial charge in [0.15, 0.2) is 0 Å². The van der Waals surface area contributed by atoms with Crippen molar-refractivity contribution in [3.8, 4) is 0 Å². The normalized spacial score (nSPS) is 17.2. The first-order valence-electron chi connectivity index (χ1n) is 10.8. The van der Waals surface area contributed by atoms with Crippen molar-refractivity contribution in [2.24, 2.45) is 0 Å². The predicted octanol–water partition coefficient (Wildman–Crippen LogP) is 4.51. The van der Waals surface area contributed by atoms with E-state index in [-0.39, 0.29) is 11.8 Å². The molecule has 156 valence electrons. The molecule has 0 spiro atoms. The van der Waals surface area contributed by atoms with Gasteiger partial charge in [-0.25, -0.2) is 0 Å². The molecule has 0 aliphatic carbocycles. The summed E-state index contributed by atoms with van der Waals surface area (Å²) in [6.45, 7) is 8.41. The number of aryl methyl sites for hydroxylation is 2. The van der Waals surface area contributed by atoms with E-state index in [4.69, 9.17) is 0 Å². The van der Waals surface area contributed by atoms with E-state index in [0.717, 1.165) is 35.5 Å². The van der Waals surface area contributed by atoms with Gasteiger partial charge in [-0.3, -0.25) is 14.5 Å². The first-order chi connectivity index (χ1) is 14.5. The van der Waals surface area contributed by atoms with E-state index in [0.29, 0.717) is 17.8 Å². The van der Waals surface area contributed by atoms with E-state index in [1.165, 1.54) is 29.8 Å². The zero-order valence-corrected chi connectivity index (χ0v) is 18.0. The number of anilines is 2. The summed E-state index contributed by atoms with van der Waals surface area (Å²) in [6, 6.07) is 14.0. The minimum atomic E-state index is -0.268. The summed E-state index contributed by atoms with van der Waals surface area (Å²) in [5, 5.41) is 3.25. The molecule has 0 unspecified atom stereocenters. The second kappa shape index (κ2) is 8.34. The number of likely N-dealkylation sites (N-methyl/N-ethyl adjacent to an activating group) is 1. The average molecular weight is 404 g/mol. The van der Waals surface area contributed by atoms with E-state index < -0.39 is 0 Å². The van der Waals surface area contributed by atoms with Gasteiger partial charge in [-0.15, -0.1) is 0 Å². The van der Waals surface area contributed by atoms with E-state index in [1.807, 2.05) is 51.1 Å². The summed E-state index contributed by atoms with van der Waals surface area (Å²) >= 11 is 0. The summed E-state index contributed by atoms with van der Waals surface area (Å²) in [7, 11) is 0. The molecule has 5 nitrogen and oxygen atoms in total. The maximum absolute atomic E-state index is 13.0. The van der Waals surface area contributed by atoms with Crippen molar-refractivity contribution in [3.63, 3.8) is 0 Å². The first-order valence-corrected chi connectivity index (χ1v) is 10.8. The van der Waals surface area contributed by atoms with Crippen molar-refractivity contribution in [2.75, 3.05) is 29.9 Å². The Balaban J connectivity index is 1.66. The van der Waals surface area contributed by atoms with Gasteiger partial charge in [-0.1, -0.05) is 18.2 Å². The average Bonchev–Trinajstić information content (AvgIpc) is 3.00.